The number of benzene rings is 1. The first-order valence-electron chi connectivity index (χ1n) is 9.68. The molecule has 11 heteroatoms. The van der Waals surface area contributed by atoms with Crippen molar-refractivity contribution in [3.63, 3.8) is 0 Å². The van der Waals surface area contributed by atoms with Gasteiger partial charge in [-0.2, -0.15) is 8.78 Å². The highest BCUT2D eigenvalue weighted by Gasteiger charge is 2.26. The molecule has 2 aromatic heterocycles. The van der Waals surface area contributed by atoms with Crippen LogP contribution in [0.25, 0.3) is 16.7 Å². The number of sulfone groups is 1. The Kier molecular flexibility index (Phi) is 5.56. The van der Waals surface area contributed by atoms with Crippen molar-refractivity contribution in [2.24, 2.45) is 0 Å². The molecule has 1 aliphatic rings. The van der Waals surface area contributed by atoms with Crippen LogP contribution in [0.4, 0.5) is 8.78 Å². The number of aromatic nitrogens is 3. The fraction of sp³-hybridized carbons (Fsp3) is 0.400. The van der Waals surface area contributed by atoms with Crippen molar-refractivity contribution in [1.82, 2.24) is 14.3 Å². The average molecular weight is 453 g/mol. The van der Waals surface area contributed by atoms with Gasteiger partial charge in [-0.15, -0.1) is 5.10 Å². The second-order valence-electron chi connectivity index (χ2n) is 7.41. The Hall–Kier alpha value is -2.79. The molecule has 31 heavy (non-hydrogen) atoms. The van der Waals surface area contributed by atoms with Crippen molar-refractivity contribution in [3.8, 4) is 11.6 Å². The molecule has 8 nitrogen and oxygen atoms in total. The van der Waals surface area contributed by atoms with Crippen LogP contribution in [0.1, 0.15) is 31.1 Å². The minimum absolute atomic E-state index is 0.0634. The molecular formula is C20H21F2N3O5S. The predicted octanol–water partition coefficient (Wildman–Crippen LogP) is 3.20. The van der Waals surface area contributed by atoms with E-state index in [1.54, 1.807) is 6.92 Å². The molecular weight excluding hydrogens is 432 g/mol. The first kappa shape index (κ1) is 21.4. The molecule has 0 aliphatic carbocycles. The largest absolute Gasteiger partial charge is 0.413 e. The van der Waals surface area contributed by atoms with E-state index in [4.69, 9.17) is 4.74 Å². The molecule has 1 unspecified atom stereocenters. The van der Waals surface area contributed by atoms with Crippen LogP contribution in [-0.4, -0.2) is 42.2 Å². The third-order valence-corrected chi connectivity index (χ3v) is 6.42. The van der Waals surface area contributed by atoms with E-state index in [1.165, 1.54) is 39.6 Å². The van der Waals surface area contributed by atoms with Crippen LogP contribution in [0.5, 0.6) is 5.88 Å². The summed E-state index contributed by atoms with van der Waals surface area (Å²) in [5.74, 6) is -0.401. The third-order valence-electron chi connectivity index (χ3n) is 5.16. The summed E-state index contributed by atoms with van der Waals surface area (Å²) in [7, 11) is -3.46. The van der Waals surface area contributed by atoms with Crippen LogP contribution in [0.3, 0.4) is 0 Å². The Bertz CT molecular complexity index is 1290. The number of ether oxygens (including phenoxy) is 2. The third kappa shape index (κ3) is 4.07. The first-order chi connectivity index (χ1) is 14.7. The zero-order chi connectivity index (χ0) is 22.3. The lowest BCUT2D eigenvalue weighted by Gasteiger charge is -2.23. The molecule has 1 aliphatic heterocycles. The van der Waals surface area contributed by atoms with Crippen molar-refractivity contribution in [1.29, 1.82) is 0 Å². The summed E-state index contributed by atoms with van der Waals surface area (Å²) < 4.78 is 63.2. The van der Waals surface area contributed by atoms with E-state index in [2.05, 4.69) is 9.84 Å². The van der Waals surface area contributed by atoms with E-state index in [1.807, 2.05) is 0 Å². The quantitative estimate of drug-likeness (QED) is 0.589. The molecule has 3 aromatic rings. The van der Waals surface area contributed by atoms with Crippen LogP contribution in [0.15, 0.2) is 40.0 Å². The zero-order valence-electron chi connectivity index (χ0n) is 16.9. The summed E-state index contributed by atoms with van der Waals surface area (Å²) in [5.41, 5.74) is 0.690. The molecule has 3 heterocycles. The van der Waals surface area contributed by atoms with Gasteiger partial charge in [0.1, 0.15) is 5.52 Å². The molecule has 1 saturated heterocycles. The Morgan fingerprint density at radius 2 is 2.00 bits per heavy atom. The number of alkyl halides is 2. The van der Waals surface area contributed by atoms with Gasteiger partial charge in [0.25, 0.3) is 11.4 Å². The molecule has 1 atom stereocenters. The van der Waals surface area contributed by atoms with Gasteiger partial charge in [-0.3, -0.25) is 9.36 Å². The molecule has 1 fully saturated rings. The second-order valence-corrected chi connectivity index (χ2v) is 9.40. The number of pyridine rings is 1. The Morgan fingerprint density at radius 1 is 1.23 bits per heavy atom. The normalized spacial score (nSPS) is 17.4. The summed E-state index contributed by atoms with van der Waals surface area (Å²) >= 11 is 0. The fourth-order valence-corrected chi connectivity index (χ4v) is 4.82. The van der Waals surface area contributed by atoms with Gasteiger partial charge >= 0.3 is 6.61 Å². The minimum atomic E-state index is -3.46. The lowest BCUT2D eigenvalue weighted by molar-refractivity contribution is -0.0579. The van der Waals surface area contributed by atoms with Gasteiger partial charge in [-0.25, -0.2) is 13.1 Å². The number of rotatable bonds is 5. The molecule has 0 amide bonds. The van der Waals surface area contributed by atoms with E-state index < -0.39 is 34.1 Å². The molecule has 0 radical (unpaired) electrons. The van der Waals surface area contributed by atoms with E-state index in [0.717, 1.165) is 19.1 Å². The van der Waals surface area contributed by atoms with Crippen LogP contribution >= 0.6 is 0 Å². The highest BCUT2D eigenvalue weighted by molar-refractivity contribution is 7.90. The van der Waals surface area contributed by atoms with Crippen molar-refractivity contribution in [2.75, 3.05) is 12.9 Å². The fourth-order valence-electron chi connectivity index (χ4n) is 3.86. The number of fused-ring (bicyclic) bond motifs is 1. The van der Waals surface area contributed by atoms with E-state index in [-0.39, 0.29) is 10.4 Å². The predicted molar refractivity (Wildman–Crippen MR) is 109 cm³/mol. The van der Waals surface area contributed by atoms with Crippen molar-refractivity contribution in [2.45, 2.75) is 43.9 Å². The summed E-state index contributed by atoms with van der Waals surface area (Å²) in [6.45, 7) is -1.03. The summed E-state index contributed by atoms with van der Waals surface area (Å²) in [5, 5.41) is 4.19. The molecule has 0 spiro atoms. The Balaban J connectivity index is 1.97. The van der Waals surface area contributed by atoms with Gasteiger partial charge in [0, 0.05) is 24.6 Å². The maximum Gasteiger partial charge on any atom is 0.388 e. The Morgan fingerprint density at radius 3 is 2.61 bits per heavy atom. The van der Waals surface area contributed by atoms with Crippen molar-refractivity contribution in [3.05, 3.63) is 46.2 Å². The van der Waals surface area contributed by atoms with E-state index in [0.29, 0.717) is 29.8 Å². The first-order valence-corrected chi connectivity index (χ1v) is 11.6. The maximum absolute atomic E-state index is 13.1. The number of hydrogen-bond acceptors (Lipinski definition) is 6. The average Bonchev–Trinajstić information content (AvgIpc) is 3.05. The number of hydrogen-bond donors (Lipinski definition) is 0. The molecule has 4 rings (SSSR count). The molecule has 166 valence electrons. The van der Waals surface area contributed by atoms with Gasteiger partial charge in [0.2, 0.25) is 0 Å². The standard InChI is InChI=1S/C20H21F2N3O5S/c1-12-11-13(6-8-15(12)31(2,27)28)24-16(26)9-7-14-18(24)19(30-20(21)22)23-25(14)17-5-3-4-10-29-17/h6-9,11,17,20H,3-5,10H2,1-2H3. The lowest BCUT2D eigenvalue weighted by atomic mass is 10.2. The smallest absolute Gasteiger partial charge is 0.388 e. The number of halogens is 2. The van der Waals surface area contributed by atoms with Crippen LogP contribution in [-0.2, 0) is 14.6 Å². The second kappa shape index (κ2) is 8.04. The summed E-state index contributed by atoms with van der Waals surface area (Å²) in [4.78, 5) is 12.9. The van der Waals surface area contributed by atoms with Crippen LogP contribution in [0, 0.1) is 6.92 Å². The molecule has 0 bridgehead atoms. The number of nitrogens with zero attached hydrogens (tertiary/aromatic N) is 3. The highest BCUT2D eigenvalue weighted by atomic mass is 32.2. The minimum Gasteiger partial charge on any atom is -0.413 e. The van der Waals surface area contributed by atoms with E-state index >= 15 is 0 Å². The number of aryl methyl sites for hydroxylation is 1. The van der Waals surface area contributed by atoms with Crippen molar-refractivity contribution >= 4 is 20.9 Å². The summed E-state index contributed by atoms with van der Waals surface area (Å²) in [6.07, 6.45) is 3.05. The lowest BCUT2D eigenvalue weighted by Crippen LogP contribution is -2.20. The highest BCUT2D eigenvalue weighted by Crippen LogP contribution is 2.33. The Labute approximate surface area is 176 Å². The molecule has 1 aromatic carbocycles. The van der Waals surface area contributed by atoms with Gasteiger partial charge in [0.15, 0.2) is 16.1 Å². The van der Waals surface area contributed by atoms with Gasteiger partial charge in [-0.05, 0) is 56.0 Å². The zero-order valence-corrected chi connectivity index (χ0v) is 17.7. The van der Waals surface area contributed by atoms with E-state index in [9.17, 15) is 22.0 Å². The van der Waals surface area contributed by atoms with Gasteiger partial charge < -0.3 is 9.47 Å². The monoisotopic (exact) mass is 453 g/mol. The SMILES string of the molecule is Cc1cc(-n2c(=O)ccc3c2c(OC(F)F)nn3C2CCCCO2)ccc1S(C)(=O)=O. The topological polar surface area (TPSA) is 92.4 Å². The van der Waals surface area contributed by atoms with Crippen LogP contribution in [0.2, 0.25) is 0 Å². The van der Waals surface area contributed by atoms with Crippen LogP contribution < -0.4 is 10.3 Å². The van der Waals surface area contributed by atoms with Gasteiger partial charge in [0.05, 0.1) is 10.4 Å². The molecule has 0 saturated carbocycles. The summed E-state index contributed by atoms with van der Waals surface area (Å²) in [6, 6.07) is 7.14. The van der Waals surface area contributed by atoms with Gasteiger partial charge in [-0.1, -0.05) is 0 Å². The molecule has 0 N–H and O–H groups in total. The maximum atomic E-state index is 13.1. The van der Waals surface area contributed by atoms with Crippen molar-refractivity contribution < 1.29 is 26.7 Å².